The van der Waals surface area contributed by atoms with Gasteiger partial charge in [-0.05, 0) is 12.0 Å². The molecular formula is C9H12LiNO2. The van der Waals surface area contributed by atoms with Gasteiger partial charge in [0.05, 0.1) is 0 Å². The number of benzene rings is 1. The molecule has 66 valence electrons. The van der Waals surface area contributed by atoms with Crippen LogP contribution in [0.25, 0.3) is 0 Å². The molecule has 13 heavy (non-hydrogen) atoms. The molecule has 0 aliphatic rings. The summed E-state index contributed by atoms with van der Waals surface area (Å²) in [5.41, 5.74) is 6.30. The van der Waals surface area contributed by atoms with Crippen molar-refractivity contribution in [1.82, 2.24) is 0 Å². The zero-order valence-corrected chi connectivity index (χ0v) is 7.60. The van der Waals surface area contributed by atoms with Crippen molar-refractivity contribution >= 4 is 5.97 Å². The minimum Gasteiger partial charge on any atom is -1.00 e. The van der Waals surface area contributed by atoms with E-state index in [4.69, 9.17) is 10.8 Å². The third-order valence-electron chi connectivity index (χ3n) is 1.62. The quantitative estimate of drug-likeness (QED) is 0.508. The Balaban J connectivity index is 0. The maximum Gasteiger partial charge on any atom is 1.00 e. The van der Waals surface area contributed by atoms with Gasteiger partial charge in [-0.1, -0.05) is 30.3 Å². The second-order valence-corrected chi connectivity index (χ2v) is 2.63. The second kappa shape index (κ2) is 5.82. The first kappa shape index (κ1) is 12.2. The molecular weight excluding hydrogens is 161 g/mol. The fourth-order valence-corrected chi connectivity index (χ4v) is 0.955. The maximum atomic E-state index is 10.4. The van der Waals surface area contributed by atoms with Crippen molar-refractivity contribution in [2.24, 2.45) is 5.73 Å². The monoisotopic (exact) mass is 173 g/mol. The third-order valence-corrected chi connectivity index (χ3v) is 1.62. The SMILES string of the molecule is NC(Cc1ccccc1)C(=O)O.[H-].[Li+]. The van der Waals surface area contributed by atoms with Gasteiger partial charge in [-0.3, -0.25) is 4.79 Å². The average Bonchev–Trinajstić information content (AvgIpc) is 2.06. The van der Waals surface area contributed by atoms with E-state index in [0.717, 1.165) is 5.56 Å². The molecule has 4 heteroatoms. The average molecular weight is 173 g/mol. The molecule has 1 aromatic rings. The summed E-state index contributed by atoms with van der Waals surface area (Å²) in [6.45, 7) is 0. The van der Waals surface area contributed by atoms with Gasteiger partial charge in [-0.15, -0.1) is 0 Å². The van der Waals surface area contributed by atoms with Crippen LogP contribution in [0.4, 0.5) is 0 Å². The van der Waals surface area contributed by atoms with Gasteiger partial charge in [0.15, 0.2) is 0 Å². The van der Waals surface area contributed by atoms with Crippen LogP contribution in [0.1, 0.15) is 6.99 Å². The van der Waals surface area contributed by atoms with Crippen LogP contribution in [-0.2, 0) is 11.2 Å². The largest absolute Gasteiger partial charge is 1.00 e. The molecule has 0 bridgehead atoms. The predicted molar refractivity (Wildman–Crippen MR) is 46.9 cm³/mol. The Kier molecular flexibility index (Phi) is 5.48. The Morgan fingerprint density at radius 3 is 2.46 bits per heavy atom. The Morgan fingerprint density at radius 2 is 2.00 bits per heavy atom. The summed E-state index contributed by atoms with van der Waals surface area (Å²) in [4.78, 5) is 10.4. The van der Waals surface area contributed by atoms with Gasteiger partial charge < -0.3 is 12.3 Å². The van der Waals surface area contributed by atoms with Gasteiger partial charge in [0.25, 0.3) is 0 Å². The van der Waals surface area contributed by atoms with Crippen LogP contribution in [0.2, 0.25) is 0 Å². The number of carboxylic acids is 1. The summed E-state index contributed by atoms with van der Waals surface area (Å²) in [6.07, 6.45) is 0.385. The molecule has 0 radical (unpaired) electrons. The summed E-state index contributed by atoms with van der Waals surface area (Å²) in [5, 5.41) is 8.52. The smallest absolute Gasteiger partial charge is 1.00 e. The molecule has 0 heterocycles. The number of hydrogen-bond acceptors (Lipinski definition) is 2. The minimum atomic E-state index is -0.959. The molecule has 0 aliphatic heterocycles. The minimum absolute atomic E-state index is 0. The van der Waals surface area contributed by atoms with E-state index in [1.807, 2.05) is 30.3 Å². The van der Waals surface area contributed by atoms with Crippen LogP contribution >= 0.6 is 0 Å². The third kappa shape index (κ3) is 4.14. The number of aliphatic carboxylic acids is 1. The molecule has 0 aliphatic carbocycles. The molecule has 0 fully saturated rings. The standard InChI is InChI=1S/C9H11NO2.Li.H/c10-8(9(11)12)6-7-4-2-1-3-5-7;;/h1-5,8H,6,10H2,(H,11,12);;/q;+1;-1. The van der Waals surface area contributed by atoms with Gasteiger partial charge in [0.2, 0.25) is 0 Å². The number of carbonyl (C=O) groups is 1. The Labute approximate surface area is 90.6 Å². The van der Waals surface area contributed by atoms with Crippen molar-refractivity contribution < 1.29 is 30.2 Å². The van der Waals surface area contributed by atoms with Crippen molar-refractivity contribution in [2.75, 3.05) is 0 Å². The van der Waals surface area contributed by atoms with Crippen molar-refractivity contribution in [3.8, 4) is 0 Å². The molecule has 0 spiro atoms. The first-order valence-corrected chi connectivity index (χ1v) is 3.72. The Hall–Kier alpha value is -0.753. The van der Waals surface area contributed by atoms with Crippen molar-refractivity contribution in [3.05, 3.63) is 35.9 Å². The molecule has 1 aromatic carbocycles. The van der Waals surface area contributed by atoms with Crippen LogP contribution in [-0.4, -0.2) is 17.1 Å². The van der Waals surface area contributed by atoms with E-state index in [2.05, 4.69) is 0 Å². The maximum absolute atomic E-state index is 10.4. The van der Waals surface area contributed by atoms with Gasteiger partial charge >= 0.3 is 24.8 Å². The summed E-state index contributed by atoms with van der Waals surface area (Å²) in [5.74, 6) is -0.959. The molecule has 3 nitrogen and oxygen atoms in total. The number of hydrogen-bond donors (Lipinski definition) is 2. The van der Waals surface area contributed by atoms with Crippen LogP contribution in [0.5, 0.6) is 0 Å². The predicted octanol–water partition coefficient (Wildman–Crippen LogP) is -2.24. The van der Waals surface area contributed by atoms with E-state index in [0.29, 0.717) is 6.42 Å². The molecule has 0 saturated carbocycles. The normalized spacial score (nSPS) is 11.5. The summed E-state index contributed by atoms with van der Waals surface area (Å²) in [6, 6.07) is 8.54. The van der Waals surface area contributed by atoms with E-state index < -0.39 is 12.0 Å². The van der Waals surface area contributed by atoms with E-state index in [1.54, 1.807) is 0 Å². The summed E-state index contributed by atoms with van der Waals surface area (Å²) >= 11 is 0. The molecule has 1 unspecified atom stereocenters. The van der Waals surface area contributed by atoms with E-state index in [9.17, 15) is 4.79 Å². The van der Waals surface area contributed by atoms with Gasteiger partial charge in [0.1, 0.15) is 6.04 Å². The fraction of sp³-hybridized carbons (Fsp3) is 0.222. The van der Waals surface area contributed by atoms with E-state index in [-0.39, 0.29) is 20.3 Å². The first-order valence-electron chi connectivity index (χ1n) is 3.72. The van der Waals surface area contributed by atoms with Gasteiger partial charge in [-0.25, -0.2) is 0 Å². The van der Waals surface area contributed by atoms with E-state index >= 15 is 0 Å². The van der Waals surface area contributed by atoms with Crippen molar-refractivity contribution in [3.63, 3.8) is 0 Å². The summed E-state index contributed by atoms with van der Waals surface area (Å²) < 4.78 is 0. The molecule has 0 saturated heterocycles. The zero-order valence-electron chi connectivity index (χ0n) is 8.60. The van der Waals surface area contributed by atoms with Crippen LogP contribution in [0.3, 0.4) is 0 Å². The molecule has 0 aromatic heterocycles. The molecule has 1 atom stereocenters. The summed E-state index contributed by atoms with van der Waals surface area (Å²) in [7, 11) is 0. The van der Waals surface area contributed by atoms with Crippen LogP contribution < -0.4 is 24.6 Å². The van der Waals surface area contributed by atoms with Crippen molar-refractivity contribution in [2.45, 2.75) is 12.5 Å². The number of carboxylic acid groups (broad SMARTS) is 1. The fourth-order valence-electron chi connectivity index (χ4n) is 0.955. The van der Waals surface area contributed by atoms with Gasteiger partial charge in [0, 0.05) is 0 Å². The van der Waals surface area contributed by atoms with Crippen LogP contribution in [0.15, 0.2) is 30.3 Å². The van der Waals surface area contributed by atoms with Gasteiger partial charge in [-0.2, -0.15) is 0 Å². The molecule has 0 amide bonds. The van der Waals surface area contributed by atoms with Crippen molar-refractivity contribution in [1.29, 1.82) is 0 Å². The second-order valence-electron chi connectivity index (χ2n) is 2.63. The Bertz CT molecular complexity index is 269. The topological polar surface area (TPSA) is 63.3 Å². The molecule has 3 N–H and O–H groups in total. The molecule has 1 rings (SSSR count). The van der Waals surface area contributed by atoms with E-state index in [1.165, 1.54) is 0 Å². The number of nitrogens with two attached hydrogens (primary N) is 1. The number of rotatable bonds is 3. The zero-order chi connectivity index (χ0) is 8.97. The Morgan fingerprint density at radius 1 is 1.46 bits per heavy atom. The first-order chi connectivity index (χ1) is 5.70. The van der Waals surface area contributed by atoms with Crippen LogP contribution in [0, 0.1) is 0 Å².